The van der Waals surface area contributed by atoms with Crippen molar-refractivity contribution in [3.63, 3.8) is 0 Å². The third-order valence-electron chi connectivity index (χ3n) is 6.92. The molecule has 38 heavy (non-hydrogen) atoms. The first-order valence-corrected chi connectivity index (χ1v) is 12.7. The second-order valence-corrected chi connectivity index (χ2v) is 9.35. The minimum absolute atomic E-state index is 0.0763. The van der Waals surface area contributed by atoms with Crippen LogP contribution in [0.5, 0.6) is 5.75 Å². The van der Waals surface area contributed by atoms with E-state index >= 15 is 0 Å². The lowest BCUT2D eigenvalue weighted by molar-refractivity contribution is -0.114. The normalized spacial score (nSPS) is 16.6. The van der Waals surface area contributed by atoms with Crippen LogP contribution >= 0.6 is 0 Å². The van der Waals surface area contributed by atoms with E-state index in [1.165, 1.54) is 0 Å². The van der Waals surface area contributed by atoms with Gasteiger partial charge in [-0.25, -0.2) is 0 Å². The fourth-order valence-electron chi connectivity index (χ4n) is 5.07. The predicted molar refractivity (Wildman–Crippen MR) is 152 cm³/mol. The number of anilines is 2. The van der Waals surface area contributed by atoms with E-state index in [2.05, 4.69) is 0 Å². The smallest absolute Gasteiger partial charge is 0.258 e. The van der Waals surface area contributed by atoms with Crippen molar-refractivity contribution in [3.8, 4) is 5.75 Å². The van der Waals surface area contributed by atoms with Crippen LogP contribution in [-0.2, 0) is 4.79 Å². The zero-order valence-corrected chi connectivity index (χ0v) is 21.5. The summed E-state index contributed by atoms with van der Waals surface area (Å²) in [6, 6.07) is 34.2. The molecule has 0 aromatic heterocycles. The second-order valence-electron chi connectivity index (χ2n) is 9.35. The van der Waals surface area contributed by atoms with Crippen molar-refractivity contribution in [1.29, 1.82) is 0 Å². The Labute approximate surface area is 223 Å². The first-order valence-electron chi connectivity index (χ1n) is 12.7. The van der Waals surface area contributed by atoms with Crippen molar-refractivity contribution in [2.45, 2.75) is 25.4 Å². The van der Waals surface area contributed by atoms with Crippen molar-refractivity contribution in [2.24, 2.45) is 0 Å². The summed E-state index contributed by atoms with van der Waals surface area (Å²) in [5, 5.41) is 0. The van der Waals surface area contributed by atoms with E-state index in [0.717, 1.165) is 22.5 Å². The van der Waals surface area contributed by atoms with Crippen molar-refractivity contribution in [2.75, 3.05) is 16.9 Å². The topological polar surface area (TPSA) is 49.9 Å². The summed E-state index contributed by atoms with van der Waals surface area (Å²) in [6.45, 7) is 2.04. The van der Waals surface area contributed by atoms with Crippen LogP contribution in [0.25, 0.3) is 6.08 Å². The third-order valence-corrected chi connectivity index (χ3v) is 6.92. The van der Waals surface area contributed by atoms with Crippen LogP contribution in [0.15, 0.2) is 115 Å². The lowest BCUT2D eigenvalue weighted by Crippen LogP contribution is -2.47. The third kappa shape index (κ3) is 5.09. The number of carbonyl (C=O) groups is 2. The van der Waals surface area contributed by atoms with Gasteiger partial charge in [-0.05, 0) is 73.0 Å². The second kappa shape index (κ2) is 11.2. The molecule has 5 rings (SSSR count). The van der Waals surface area contributed by atoms with Gasteiger partial charge in [-0.3, -0.25) is 9.59 Å². The van der Waals surface area contributed by atoms with Gasteiger partial charge >= 0.3 is 0 Å². The Morgan fingerprint density at radius 3 is 2.16 bits per heavy atom. The molecule has 0 N–H and O–H groups in total. The maximum absolute atomic E-state index is 13.8. The molecule has 190 valence electrons. The van der Waals surface area contributed by atoms with Gasteiger partial charge in [0, 0.05) is 29.1 Å². The standard InChI is InChI=1S/C33H30N2O3/c1-24-23-31(35(27-13-7-4-8-14-27)32(36)22-17-25-11-5-3-6-12-25)29-15-9-10-16-30(29)34(24)33(37)26-18-20-28(38-2)21-19-26/h3-22,24,31H,23H2,1-2H3/b22-17+/t24-,31+/m0/s1. The van der Waals surface area contributed by atoms with Gasteiger partial charge in [-0.15, -0.1) is 0 Å². The zero-order chi connectivity index (χ0) is 26.5. The van der Waals surface area contributed by atoms with Crippen LogP contribution in [0.2, 0.25) is 0 Å². The molecule has 0 saturated heterocycles. The summed E-state index contributed by atoms with van der Waals surface area (Å²) < 4.78 is 5.26. The molecular formula is C33H30N2O3. The molecule has 0 saturated carbocycles. The largest absolute Gasteiger partial charge is 0.497 e. The highest BCUT2D eigenvalue weighted by molar-refractivity contribution is 6.08. The minimum Gasteiger partial charge on any atom is -0.497 e. The van der Waals surface area contributed by atoms with Crippen LogP contribution in [0.1, 0.15) is 40.9 Å². The van der Waals surface area contributed by atoms with E-state index in [0.29, 0.717) is 17.7 Å². The Hall–Kier alpha value is -4.64. The summed E-state index contributed by atoms with van der Waals surface area (Å²) in [4.78, 5) is 31.2. The van der Waals surface area contributed by atoms with E-state index in [1.54, 1.807) is 37.5 Å². The van der Waals surface area contributed by atoms with Gasteiger partial charge in [-0.1, -0.05) is 66.7 Å². The number of nitrogens with zero attached hydrogens (tertiary/aromatic N) is 2. The molecule has 0 radical (unpaired) electrons. The highest BCUT2D eigenvalue weighted by Gasteiger charge is 2.38. The lowest BCUT2D eigenvalue weighted by atomic mass is 9.89. The molecule has 5 heteroatoms. The number of para-hydroxylation sites is 2. The molecule has 0 aliphatic carbocycles. The molecule has 0 bridgehead atoms. The average Bonchev–Trinajstić information content (AvgIpc) is 2.97. The Morgan fingerprint density at radius 1 is 0.842 bits per heavy atom. The molecular weight excluding hydrogens is 472 g/mol. The van der Waals surface area contributed by atoms with Crippen LogP contribution in [-0.4, -0.2) is 25.0 Å². The molecule has 5 nitrogen and oxygen atoms in total. The number of benzene rings is 4. The van der Waals surface area contributed by atoms with Gasteiger partial charge < -0.3 is 14.5 Å². The van der Waals surface area contributed by atoms with Crippen molar-refractivity contribution >= 4 is 29.3 Å². The summed E-state index contributed by atoms with van der Waals surface area (Å²) >= 11 is 0. The minimum atomic E-state index is -0.239. The number of fused-ring (bicyclic) bond motifs is 1. The fraction of sp³-hybridized carbons (Fsp3) is 0.152. The number of amides is 2. The van der Waals surface area contributed by atoms with Crippen LogP contribution in [0.4, 0.5) is 11.4 Å². The molecule has 2 amide bonds. The molecule has 4 aromatic carbocycles. The monoisotopic (exact) mass is 502 g/mol. The first kappa shape index (κ1) is 25.0. The maximum atomic E-state index is 13.8. The lowest BCUT2D eigenvalue weighted by Gasteiger charge is -2.43. The highest BCUT2D eigenvalue weighted by atomic mass is 16.5. The molecule has 1 aliphatic rings. The molecule has 1 heterocycles. The van der Waals surface area contributed by atoms with Gasteiger partial charge in [0.05, 0.1) is 13.2 Å². The van der Waals surface area contributed by atoms with Gasteiger partial charge in [0.2, 0.25) is 0 Å². The molecule has 0 spiro atoms. The number of rotatable bonds is 6. The summed E-state index contributed by atoms with van der Waals surface area (Å²) in [6.07, 6.45) is 4.07. The predicted octanol–water partition coefficient (Wildman–Crippen LogP) is 6.92. The van der Waals surface area contributed by atoms with Crippen LogP contribution in [0, 0.1) is 0 Å². The average molecular weight is 503 g/mol. The van der Waals surface area contributed by atoms with E-state index < -0.39 is 0 Å². The number of hydrogen-bond donors (Lipinski definition) is 0. The van der Waals surface area contributed by atoms with Gasteiger partial charge in [0.15, 0.2) is 0 Å². The molecule has 1 aliphatic heterocycles. The van der Waals surface area contributed by atoms with Gasteiger partial charge in [-0.2, -0.15) is 0 Å². The number of methoxy groups -OCH3 is 1. The highest BCUT2D eigenvalue weighted by Crippen LogP contribution is 2.42. The van der Waals surface area contributed by atoms with Crippen LogP contribution in [0.3, 0.4) is 0 Å². The first-order chi connectivity index (χ1) is 18.6. The van der Waals surface area contributed by atoms with Crippen molar-refractivity contribution in [1.82, 2.24) is 0 Å². The Kier molecular flexibility index (Phi) is 7.36. The van der Waals surface area contributed by atoms with E-state index in [-0.39, 0.29) is 23.9 Å². The SMILES string of the molecule is COc1ccc(C(=O)N2c3ccccc3[C@H](N(C(=O)/C=C/c3ccccc3)c3ccccc3)C[C@@H]2C)cc1. The maximum Gasteiger partial charge on any atom is 0.258 e. The Balaban J connectivity index is 1.53. The Bertz CT molecular complexity index is 1430. The quantitative estimate of drug-likeness (QED) is 0.269. The summed E-state index contributed by atoms with van der Waals surface area (Å²) in [7, 11) is 1.61. The van der Waals surface area contributed by atoms with Gasteiger partial charge in [0.25, 0.3) is 11.8 Å². The van der Waals surface area contributed by atoms with Crippen LogP contribution < -0.4 is 14.5 Å². The molecule has 2 atom stereocenters. The summed E-state index contributed by atoms with van der Waals surface area (Å²) in [5.41, 5.74) is 4.13. The zero-order valence-electron chi connectivity index (χ0n) is 21.5. The van der Waals surface area contributed by atoms with Gasteiger partial charge in [0.1, 0.15) is 5.75 Å². The summed E-state index contributed by atoms with van der Waals surface area (Å²) in [5.74, 6) is 0.517. The van der Waals surface area contributed by atoms with Crippen molar-refractivity contribution in [3.05, 3.63) is 132 Å². The fourth-order valence-corrected chi connectivity index (χ4v) is 5.07. The van der Waals surface area contributed by atoms with Crippen molar-refractivity contribution < 1.29 is 14.3 Å². The van der Waals surface area contributed by atoms with E-state index in [1.807, 2.05) is 108 Å². The Morgan fingerprint density at radius 2 is 1.47 bits per heavy atom. The number of hydrogen-bond acceptors (Lipinski definition) is 3. The van der Waals surface area contributed by atoms with E-state index in [4.69, 9.17) is 4.74 Å². The molecule has 4 aromatic rings. The number of carbonyl (C=O) groups excluding carboxylic acids is 2. The molecule has 0 unspecified atom stereocenters. The molecule has 0 fully saturated rings. The van der Waals surface area contributed by atoms with E-state index in [9.17, 15) is 9.59 Å². The number of ether oxygens (including phenoxy) is 1.